The molecule has 0 aliphatic carbocycles. The average Bonchev–Trinajstić information content (AvgIpc) is 2.34. The van der Waals surface area contributed by atoms with Crippen LogP contribution < -0.4 is 4.74 Å². The summed E-state index contributed by atoms with van der Waals surface area (Å²) in [6.07, 6.45) is 9.18. The monoisotopic (exact) mass is 251 g/mol. The summed E-state index contributed by atoms with van der Waals surface area (Å²) in [5, 5.41) is 0. The lowest BCUT2D eigenvalue weighted by molar-refractivity contribution is 0.404. The molecule has 0 heterocycles. The zero-order chi connectivity index (χ0) is 12.5. The van der Waals surface area contributed by atoms with Crippen molar-refractivity contribution in [1.29, 1.82) is 0 Å². The maximum Gasteiger partial charge on any atom is 0.136 e. The van der Waals surface area contributed by atoms with Gasteiger partial charge in [0.25, 0.3) is 0 Å². The highest BCUT2D eigenvalue weighted by molar-refractivity contribution is 7.80. The zero-order valence-electron chi connectivity index (χ0n) is 11.0. The number of unbranched alkanes of at least 4 members (excludes halogenated alkanes) is 5. The third kappa shape index (κ3) is 5.40. The van der Waals surface area contributed by atoms with Gasteiger partial charge in [0.1, 0.15) is 5.75 Å². The molecular formula is C15H23OS. The minimum absolute atomic E-state index is 0.812. The normalized spacial score (nSPS) is 10.5. The molecule has 0 bridgehead atoms. The van der Waals surface area contributed by atoms with E-state index in [0.717, 1.165) is 17.1 Å². The lowest BCUT2D eigenvalue weighted by Gasteiger charge is -2.06. The summed E-state index contributed by atoms with van der Waals surface area (Å²) in [6.45, 7) is 2.25. The molecule has 0 aromatic heterocycles. The van der Waals surface area contributed by atoms with Crippen molar-refractivity contribution in [2.45, 2.75) is 56.8 Å². The van der Waals surface area contributed by atoms with E-state index in [2.05, 4.69) is 19.1 Å². The molecule has 2 heteroatoms. The molecule has 0 fully saturated rings. The van der Waals surface area contributed by atoms with Crippen molar-refractivity contribution in [2.24, 2.45) is 0 Å². The van der Waals surface area contributed by atoms with Crippen LogP contribution in [0.2, 0.25) is 0 Å². The number of benzene rings is 1. The third-order valence-corrected chi connectivity index (χ3v) is 3.37. The topological polar surface area (TPSA) is 9.23 Å². The Balaban J connectivity index is 2.25. The minimum Gasteiger partial charge on any atom is -0.495 e. The van der Waals surface area contributed by atoms with Gasteiger partial charge < -0.3 is 4.74 Å². The van der Waals surface area contributed by atoms with Gasteiger partial charge in [-0.25, -0.2) is 0 Å². The summed E-state index contributed by atoms with van der Waals surface area (Å²) >= 11 is 5.25. The molecule has 0 saturated carbocycles. The van der Waals surface area contributed by atoms with Crippen LogP contribution in [0, 0.1) is 0 Å². The van der Waals surface area contributed by atoms with Gasteiger partial charge >= 0.3 is 0 Å². The van der Waals surface area contributed by atoms with Gasteiger partial charge in [0.15, 0.2) is 0 Å². The second-order valence-electron chi connectivity index (χ2n) is 4.50. The smallest absolute Gasteiger partial charge is 0.136 e. The molecule has 17 heavy (non-hydrogen) atoms. The van der Waals surface area contributed by atoms with Gasteiger partial charge in [-0.05, 0) is 30.5 Å². The van der Waals surface area contributed by atoms with Crippen molar-refractivity contribution < 1.29 is 4.74 Å². The first-order valence-corrected chi connectivity index (χ1v) is 7.02. The molecule has 0 unspecified atom stereocenters. The SMILES string of the molecule is CCCCCCCCc1ccc(OC)c([S])c1. The summed E-state index contributed by atoms with van der Waals surface area (Å²) in [5.41, 5.74) is 1.34. The summed E-state index contributed by atoms with van der Waals surface area (Å²) < 4.78 is 5.17. The number of hydrogen-bond acceptors (Lipinski definition) is 1. The number of methoxy groups -OCH3 is 1. The Morgan fingerprint density at radius 2 is 1.76 bits per heavy atom. The summed E-state index contributed by atoms with van der Waals surface area (Å²) in [6, 6.07) is 6.18. The molecule has 0 aliphatic rings. The first-order chi connectivity index (χ1) is 8.27. The highest BCUT2D eigenvalue weighted by Crippen LogP contribution is 2.24. The maximum absolute atomic E-state index is 5.25. The van der Waals surface area contributed by atoms with Gasteiger partial charge in [0, 0.05) is 0 Å². The number of hydrogen-bond donors (Lipinski definition) is 0. The summed E-state index contributed by atoms with van der Waals surface area (Å²) in [4.78, 5) is 0.830. The summed E-state index contributed by atoms with van der Waals surface area (Å²) in [7, 11) is 1.67. The quantitative estimate of drug-likeness (QED) is 0.580. The van der Waals surface area contributed by atoms with Crippen molar-refractivity contribution in [3.63, 3.8) is 0 Å². The summed E-state index contributed by atoms with van der Waals surface area (Å²) in [5.74, 6) is 0.812. The van der Waals surface area contributed by atoms with E-state index in [0.29, 0.717) is 0 Å². The van der Waals surface area contributed by atoms with Gasteiger partial charge in [0.05, 0.1) is 12.0 Å². The standard InChI is InChI=1S/C15H23OS/c1-3-4-5-6-7-8-9-13-10-11-14(16-2)15(17)12-13/h10-12H,3-9H2,1-2H3. The van der Waals surface area contributed by atoms with Gasteiger partial charge in [-0.15, -0.1) is 0 Å². The lowest BCUT2D eigenvalue weighted by atomic mass is 10.0. The molecule has 0 N–H and O–H groups in total. The van der Waals surface area contributed by atoms with Gasteiger partial charge in [-0.1, -0.05) is 57.7 Å². The first kappa shape index (κ1) is 14.3. The maximum atomic E-state index is 5.25. The highest BCUT2D eigenvalue weighted by Gasteiger charge is 2.01. The fourth-order valence-electron chi connectivity index (χ4n) is 1.99. The Morgan fingerprint density at radius 3 is 2.41 bits per heavy atom. The van der Waals surface area contributed by atoms with Crippen LogP contribution in [0.5, 0.6) is 5.75 Å². The van der Waals surface area contributed by atoms with E-state index in [1.807, 2.05) is 6.07 Å². The zero-order valence-corrected chi connectivity index (χ0v) is 11.8. The van der Waals surface area contributed by atoms with Gasteiger partial charge in [-0.3, -0.25) is 0 Å². The van der Waals surface area contributed by atoms with E-state index in [1.54, 1.807) is 7.11 Å². The number of ether oxygens (including phenoxy) is 1. The van der Waals surface area contributed by atoms with Crippen LogP contribution in [0.15, 0.2) is 23.1 Å². The lowest BCUT2D eigenvalue weighted by Crippen LogP contribution is -1.89. The van der Waals surface area contributed by atoms with Gasteiger partial charge in [0.2, 0.25) is 0 Å². The van der Waals surface area contributed by atoms with Crippen LogP contribution in [0.4, 0.5) is 0 Å². The molecule has 1 aromatic rings. The van der Waals surface area contributed by atoms with E-state index in [1.165, 1.54) is 44.1 Å². The molecule has 1 rings (SSSR count). The Labute approximate surface area is 111 Å². The Kier molecular flexibility index (Phi) is 7.02. The van der Waals surface area contributed by atoms with Crippen molar-refractivity contribution in [3.8, 4) is 5.75 Å². The van der Waals surface area contributed by atoms with Gasteiger partial charge in [-0.2, -0.15) is 0 Å². The van der Waals surface area contributed by atoms with Crippen LogP contribution in [-0.4, -0.2) is 7.11 Å². The number of aryl methyl sites for hydroxylation is 1. The molecule has 95 valence electrons. The fourth-order valence-corrected chi connectivity index (χ4v) is 2.29. The second-order valence-corrected chi connectivity index (χ2v) is 4.94. The fraction of sp³-hybridized carbons (Fsp3) is 0.600. The van der Waals surface area contributed by atoms with Crippen LogP contribution >= 0.6 is 12.6 Å². The van der Waals surface area contributed by atoms with Crippen LogP contribution in [0.3, 0.4) is 0 Å². The predicted molar refractivity (Wildman–Crippen MR) is 75.9 cm³/mol. The Hall–Kier alpha value is -0.760. The van der Waals surface area contributed by atoms with E-state index in [9.17, 15) is 0 Å². The largest absolute Gasteiger partial charge is 0.495 e. The number of rotatable bonds is 8. The van der Waals surface area contributed by atoms with Crippen LogP contribution in [-0.2, 0) is 6.42 Å². The first-order valence-electron chi connectivity index (χ1n) is 6.62. The Bertz CT molecular complexity index is 323. The van der Waals surface area contributed by atoms with Crippen LogP contribution in [0.1, 0.15) is 51.0 Å². The van der Waals surface area contributed by atoms with Crippen molar-refractivity contribution in [2.75, 3.05) is 7.11 Å². The van der Waals surface area contributed by atoms with Crippen molar-refractivity contribution >= 4 is 12.6 Å². The molecule has 1 radical (unpaired) electrons. The molecule has 1 aromatic carbocycles. The minimum atomic E-state index is 0.812. The molecule has 0 aliphatic heterocycles. The average molecular weight is 251 g/mol. The molecule has 0 spiro atoms. The van der Waals surface area contributed by atoms with E-state index in [4.69, 9.17) is 17.4 Å². The molecule has 0 amide bonds. The molecular weight excluding hydrogens is 228 g/mol. The van der Waals surface area contributed by atoms with E-state index < -0.39 is 0 Å². The Morgan fingerprint density at radius 1 is 1.06 bits per heavy atom. The molecule has 0 atom stereocenters. The molecule has 1 nitrogen and oxygen atoms in total. The van der Waals surface area contributed by atoms with Crippen molar-refractivity contribution in [1.82, 2.24) is 0 Å². The predicted octanol–water partition coefficient (Wildman–Crippen LogP) is 5.15. The third-order valence-electron chi connectivity index (χ3n) is 3.05. The van der Waals surface area contributed by atoms with Crippen molar-refractivity contribution in [3.05, 3.63) is 23.8 Å². The second kappa shape index (κ2) is 8.35. The van der Waals surface area contributed by atoms with Crippen LogP contribution in [0.25, 0.3) is 0 Å². The van der Waals surface area contributed by atoms with E-state index in [-0.39, 0.29) is 0 Å². The highest BCUT2D eigenvalue weighted by atomic mass is 32.1. The molecule has 0 saturated heterocycles. The van der Waals surface area contributed by atoms with E-state index >= 15 is 0 Å².